The Morgan fingerprint density at radius 1 is 2.00 bits per heavy atom. The molecule has 3 N–H and O–H groups in total. The number of nitrogens with one attached hydrogen (secondary N) is 1. The van der Waals surface area contributed by atoms with Gasteiger partial charge in [-0.15, -0.1) is 0 Å². The molecular weight excluding hydrogens is 188 g/mol. The summed E-state index contributed by atoms with van der Waals surface area (Å²) in [5.41, 5.74) is 6.71. The van der Waals surface area contributed by atoms with Crippen molar-refractivity contribution in [2.75, 3.05) is 0 Å². The largest absolute Gasteiger partial charge is 0.331 e. The first-order valence-electron chi connectivity index (χ1n) is 2.21. The van der Waals surface area contributed by atoms with E-state index in [9.17, 15) is 0 Å². The molecule has 0 aromatic rings. The van der Waals surface area contributed by atoms with Gasteiger partial charge in [-0.3, -0.25) is 0 Å². The third-order valence-corrected chi connectivity index (χ3v) is 2.35. The minimum absolute atomic E-state index is 0.378. The van der Waals surface area contributed by atoms with Crippen LogP contribution in [-0.4, -0.2) is 3.78 Å². The highest BCUT2D eigenvalue weighted by molar-refractivity contribution is 9.12. The maximum atomic E-state index is 5.61. The summed E-state index contributed by atoms with van der Waals surface area (Å²) >= 11 is 4.74. The molecule has 0 radical (unpaired) electrons. The molecule has 8 heavy (non-hydrogen) atoms. The molecule has 0 saturated carbocycles. The molecule has 0 fully saturated rings. The van der Waals surface area contributed by atoms with Gasteiger partial charge in [-0.25, -0.2) is 0 Å². The monoisotopic (exact) mass is 194 g/mol. The highest BCUT2D eigenvalue weighted by Crippen LogP contribution is 2.31. The second-order valence-corrected chi connectivity index (χ2v) is 4.65. The number of rotatable bonds is 0. The molecule has 0 aliphatic carbocycles. The van der Waals surface area contributed by atoms with Crippen LogP contribution in [-0.2, 0) is 0 Å². The molecule has 4 heteroatoms. The first-order valence-corrected chi connectivity index (χ1v) is 3.82. The van der Waals surface area contributed by atoms with Crippen LogP contribution in [0.3, 0.4) is 0 Å². The predicted octanol–water partition coefficient (Wildman–Crippen LogP) is 1.15. The highest BCUT2D eigenvalue weighted by Gasteiger charge is 2.23. The topological polar surface area (TPSA) is 38.0 Å². The van der Waals surface area contributed by atoms with Crippen molar-refractivity contribution >= 4 is 27.9 Å². The summed E-state index contributed by atoms with van der Waals surface area (Å²) in [4.78, 5) is 0. The van der Waals surface area contributed by atoms with E-state index in [0.29, 0.717) is 0 Å². The van der Waals surface area contributed by atoms with Crippen LogP contribution < -0.4 is 10.5 Å². The summed E-state index contributed by atoms with van der Waals surface area (Å²) in [6.07, 6.45) is 1.93. The van der Waals surface area contributed by atoms with Crippen molar-refractivity contribution in [3.05, 3.63) is 11.8 Å². The van der Waals surface area contributed by atoms with Gasteiger partial charge in [0, 0.05) is 5.70 Å². The van der Waals surface area contributed by atoms with Gasteiger partial charge in [0.2, 0.25) is 0 Å². The van der Waals surface area contributed by atoms with Crippen LogP contribution in [0.4, 0.5) is 0 Å². The van der Waals surface area contributed by atoms with Crippen LogP contribution in [0.15, 0.2) is 11.8 Å². The molecule has 0 aromatic heterocycles. The smallest absolute Gasteiger partial charge is 0.158 e. The molecule has 1 aliphatic rings. The maximum Gasteiger partial charge on any atom is 0.158 e. The minimum atomic E-state index is -0.378. The standard InChI is InChI=1S/C4H7BrN2S/c1-3-2-4(5,6)8-7-3/h2,7H,6H2,1H3. The number of alkyl halides is 1. The van der Waals surface area contributed by atoms with Crippen molar-refractivity contribution in [1.82, 2.24) is 4.72 Å². The first-order chi connectivity index (χ1) is 3.60. The van der Waals surface area contributed by atoms with E-state index < -0.39 is 0 Å². The van der Waals surface area contributed by atoms with E-state index in [1.807, 2.05) is 13.0 Å². The Bertz CT molecular complexity index is 132. The van der Waals surface area contributed by atoms with Gasteiger partial charge >= 0.3 is 0 Å². The van der Waals surface area contributed by atoms with E-state index in [1.54, 1.807) is 0 Å². The van der Waals surface area contributed by atoms with Crippen molar-refractivity contribution < 1.29 is 0 Å². The molecular formula is C4H7BrN2S. The average Bonchev–Trinajstić information content (AvgIpc) is 1.82. The summed E-state index contributed by atoms with van der Waals surface area (Å²) in [5, 5.41) is 0. The van der Waals surface area contributed by atoms with Gasteiger partial charge in [0.15, 0.2) is 3.78 Å². The molecule has 1 heterocycles. The number of nitrogens with two attached hydrogens (primary N) is 1. The van der Waals surface area contributed by atoms with Crippen LogP contribution in [0, 0.1) is 0 Å². The summed E-state index contributed by atoms with van der Waals surface area (Å²) in [5.74, 6) is 0. The lowest BCUT2D eigenvalue weighted by molar-refractivity contribution is 1.11. The molecule has 46 valence electrons. The summed E-state index contributed by atoms with van der Waals surface area (Å²) in [7, 11) is 0. The molecule has 2 nitrogen and oxygen atoms in total. The molecule has 1 unspecified atom stereocenters. The van der Waals surface area contributed by atoms with Gasteiger partial charge in [0.25, 0.3) is 0 Å². The zero-order valence-corrected chi connectivity index (χ0v) is 6.84. The van der Waals surface area contributed by atoms with Crippen LogP contribution in [0.2, 0.25) is 0 Å². The van der Waals surface area contributed by atoms with E-state index in [-0.39, 0.29) is 3.78 Å². The summed E-state index contributed by atoms with van der Waals surface area (Å²) in [6, 6.07) is 0. The van der Waals surface area contributed by atoms with Crippen LogP contribution >= 0.6 is 27.9 Å². The Balaban J connectivity index is 2.67. The summed E-state index contributed by atoms with van der Waals surface area (Å²) in [6.45, 7) is 1.98. The van der Waals surface area contributed by atoms with Gasteiger partial charge in [-0.2, -0.15) is 0 Å². The van der Waals surface area contributed by atoms with E-state index in [0.717, 1.165) is 5.70 Å². The third kappa shape index (κ3) is 1.40. The number of hydrogen-bond acceptors (Lipinski definition) is 3. The van der Waals surface area contributed by atoms with E-state index >= 15 is 0 Å². The van der Waals surface area contributed by atoms with Crippen molar-refractivity contribution in [3.8, 4) is 0 Å². The molecule has 1 atom stereocenters. The molecule has 0 bridgehead atoms. The van der Waals surface area contributed by atoms with E-state index in [1.165, 1.54) is 11.9 Å². The number of hydrogen-bond donors (Lipinski definition) is 2. The van der Waals surface area contributed by atoms with Crippen molar-refractivity contribution in [3.63, 3.8) is 0 Å². The molecule has 0 aromatic carbocycles. The molecule has 1 aliphatic heterocycles. The first kappa shape index (κ1) is 6.45. The van der Waals surface area contributed by atoms with Crippen molar-refractivity contribution in [2.24, 2.45) is 5.73 Å². The third-order valence-electron chi connectivity index (χ3n) is 0.782. The summed E-state index contributed by atoms with van der Waals surface area (Å²) < 4.78 is 2.64. The molecule has 0 amide bonds. The Kier molecular flexibility index (Phi) is 1.56. The fourth-order valence-electron chi connectivity index (χ4n) is 0.513. The Morgan fingerprint density at radius 2 is 2.62 bits per heavy atom. The van der Waals surface area contributed by atoms with Crippen LogP contribution in [0.1, 0.15) is 6.92 Å². The van der Waals surface area contributed by atoms with Crippen molar-refractivity contribution in [1.29, 1.82) is 0 Å². The number of allylic oxidation sites excluding steroid dienone is 1. The van der Waals surface area contributed by atoms with Gasteiger partial charge in [-0.05, 0) is 40.9 Å². The molecule has 0 spiro atoms. The zero-order valence-electron chi connectivity index (χ0n) is 4.44. The van der Waals surface area contributed by atoms with Gasteiger partial charge in [0.1, 0.15) is 0 Å². The lowest BCUT2D eigenvalue weighted by Crippen LogP contribution is -2.23. The maximum absolute atomic E-state index is 5.61. The average molecular weight is 195 g/mol. The van der Waals surface area contributed by atoms with E-state index in [2.05, 4.69) is 20.7 Å². The second-order valence-electron chi connectivity index (χ2n) is 1.73. The SMILES string of the molecule is CC1=CC(N)(Br)SN1. The highest BCUT2D eigenvalue weighted by atomic mass is 79.9. The van der Waals surface area contributed by atoms with Gasteiger partial charge < -0.3 is 10.5 Å². The van der Waals surface area contributed by atoms with Gasteiger partial charge in [-0.1, -0.05) is 0 Å². The number of halogens is 1. The second kappa shape index (κ2) is 1.93. The van der Waals surface area contributed by atoms with E-state index in [4.69, 9.17) is 5.73 Å². The van der Waals surface area contributed by atoms with Crippen molar-refractivity contribution in [2.45, 2.75) is 10.7 Å². The normalized spacial score (nSPS) is 36.6. The molecule has 0 saturated heterocycles. The minimum Gasteiger partial charge on any atom is -0.331 e. The fraction of sp³-hybridized carbons (Fsp3) is 0.500. The predicted molar refractivity (Wildman–Crippen MR) is 40.3 cm³/mol. The van der Waals surface area contributed by atoms with Crippen LogP contribution in [0.5, 0.6) is 0 Å². The Morgan fingerprint density at radius 3 is 2.75 bits per heavy atom. The lowest BCUT2D eigenvalue weighted by Gasteiger charge is -2.07. The van der Waals surface area contributed by atoms with Gasteiger partial charge in [0.05, 0.1) is 0 Å². The fourth-order valence-corrected chi connectivity index (χ4v) is 1.71. The van der Waals surface area contributed by atoms with Crippen LogP contribution in [0.25, 0.3) is 0 Å². The Hall–Kier alpha value is 0.330. The Labute approximate surface area is 61.2 Å². The quantitative estimate of drug-likeness (QED) is 0.346. The molecule has 1 rings (SSSR count). The zero-order chi connectivity index (χ0) is 6.20. The lowest BCUT2D eigenvalue weighted by atomic mass is 10.4.